The van der Waals surface area contributed by atoms with Gasteiger partial charge in [0.1, 0.15) is 21.9 Å². The van der Waals surface area contributed by atoms with Crippen LogP contribution in [-0.4, -0.2) is 30.3 Å². The Hall–Kier alpha value is -2.72. The maximum Gasteiger partial charge on any atom is 0.272 e. The van der Waals surface area contributed by atoms with Crippen LogP contribution in [0.25, 0.3) is 0 Å². The van der Waals surface area contributed by atoms with Crippen molar-refractivity contribution in [3.05, 3.63) is 47.5 Å². The molecule has 0 aliphatic heterocycles. The van der Waals surface area contributed by atoms with E-state index < -0.39 is 33.2 Å². The number of sulfonamides is 1. The molecule has 10 heteroatoms. The highest BCUT2D eigenvalue weighted by Gasteiger charge is 2.32. The molecule has 8 nitrogen and oxygen atoms in total. The van der Waals surface area contributed by atoms with Crippen LogP contribution >= 0.6 is 0 Å². The summed E-state index contributed by atoms with van der Waals surface area (Å²) in [5.41, 5.74) is 4.49. The number of nitrogens with zero attached hydrogens (tertiary/aromatic N) is 1. The highest BCUT2D eigenvalue weighted by molar-refractivity contribution is 7.89. The van der Waals surface area contributed by atoms with Crippen molar-refractivity contribution in [2.75, 3.05) is 5.32 Å². The number of aromatic nitrogens is 1. The topological polar surface area (TPSA) is 123 Å². The highest BCUT2D eigenvalue weighted by Crippen LogP contribution is 2.19. The van der Waals surface area contributed by atoms with Gasteiger partial charge < -0.3 is 15.6 Å². The third kappa shape index (κ3) is 4.52. The van der Waals surface area contributed by atoms with Gasteiger partial charge in [0.25, 0.3) is 5.91 Å². The van der Waals surface area contributed by atoms with Gasteiger partial charge in [-0.15, -0.1) is 0 Å². The Morgan fingerprint density at radius 1 is 1.22 bits per heavy atom. The monoisotopic (exact) mass is 396 g/mol. The van der Waals surface area contributed by atoms with Crippen molar-refractivity contribution >= 4 is 27.5 Å². The fourth-order valence-electron chi connectivity index (χ4n) is 2.27. The van der Waals surface area contributed by atoms with Crippen molar-refractivity contribution in [1.29, 1.82) is 0 Å². The standard InChI is InChI=1S/C17H21FN4O4S/c1-10-7-11(5-6-13(10)18)20-15(23)14-8-12(9-22(14)4)27(25,26)21-17(2,3)16(19)24/h5-9,21H,1-4H3,(H2,19,24)(H,20,23). The zero-order chi connectivity index (χ0) is 20.6. The minimum atomic E-state index is -4.08. The number of primary amides is 1. The first kappa shape index (κ1) is 20.6. The van der Waals surface area contributed by atoms with Gasteiger partial charge in [-0.25, -0.2) is 12.8 Å². The van der Waals surface area contributed by atoms with Crippen molar-refractivity contribution in [1.82, 2.24) is 9.29 Å². The molecule has 0 saturated carbocycles. The number of anilines is 1. The lowest BCUT2D eigenvalue weighted by molar-refractivity contribution is -0.122. The Morgan fingerprint density at radius 2 is 1.85 bits per heavy atom. The summed E-state index contributed by atoms with van der Waals surface area (Å²) in [6.07, 6.45) is 1.24. The van der Waals surface area contributed by atoms with Gasteiger partial charge in [-0.3, -0.25) is 9.59 Å². The molecule has 0 aliphatic rings. The number of carbonyl (C=O) groups excluding carboxylic acids is 2. The normalized spacial score (nSPS) is 12.0. The molecule has 1 aromatic carbocycles. The van der Waals surface area contributed by atoms with E-state index in [-0.39, 0.29) is 10.6 Å². The molecule has 0 fully saturated rings. The molecule has 0 bridgehead atoms. The molecule has 0 aliphatic carbocycles. The maximum absolute atomic E-state index is 13.3. The Balaban J connectivity index is 2.28. The van der Waals surface area contributed by atoms with E-state index in [0.29, 0.717) is 11.3 Å². The molecule has 0 radical (unpaired) electrons. The van der Waals surface area contributed by atoms with Crippen molar-refractivity contribution < 1.29 is 22.4 Å². The molecular formula is C17H21FN4O4S. The minimum Gasteiger partial charge on any atom is -0.368 e. The number of rotatable bonds is 6. The summed E-state index contributed by atoms with van der Waals surface area (Å²) in [4.78, 5) is 23.6. The number of halogens is 1. The van der Waals surface area contributed by atoms with Gasteiger partial charge in [-0.2, -0.15) is 4.72 Å². The van der Waals surface area contributed by atoms with Gasteiger partial charge in [0.2, 0.25) is 15.9 Å². The summed E-state index contributed by atoms with van der Waals surface area (Å²) in [5.74, 6) is -1.81. The summed E-state index contributed by atoms with van der Waals surface area (Å²) in [6.45, 7) is 4.23. The number of benzene rings is 1. The second-order valence-corrected chi connectivity index (χ2v) is 8.37. The average molecular weight is 396 g/mol. The Labute approximate surface area is 156 Å². The van der Waals surface area contributed by atoms with E-state index in [4.69, 9.17) is 5.73 Å². The zero-order valence-corrected chi connectivity index (χ0v) is 16.1. The van der Waals surface area contributed by atoms with Gasteiger partial charge in [-0.05, 0) is 50.6 Å². The molecule has 0 atom stereocenters. The molecule has 2 rings (SSSR count). The maximum atomic E-state index is 13.3. The number of aryl methyl sites for hydroxylation is 2. The summed E-state index contributed by atoms with van der Waals surface area (Å²) >= 11 is 0. The first-order chi connectivity index (χ1) is 12.3. The first-order valence-corrected chi connectivity index (χ1v) is 9.39. The second kappa shape index (κ2) is 7.12. The number of hydrogen-bond donors (Lipinski definition) is 3. The van der Waals surface area contributed by atoms with Crippen molar-refractivity contribution in [2.45, 2.75) is 31.2 Å². The van der Waals surface area contributed by atoms with Crippen LogP contribution in [0.4, 0.5) is 10.1 Å². The molecule has 27 heavy (non-hydrogen) atoms. The lowest BCUT2D eigenvalue weighted by Crippen LogP contribution is -2.52. The lowest BCUT2D eigenvalue weighted by Gasteiger charge is -2.21. The molecule has 0 unspecified atom stereocenters. The number of hydrogen-bond acceptors (Lipinski definition) is 4. The smallest absolute Gasteiger partial charge is 0.272 e. The molecular weight excluding hydrogens is 375 g/mol. The van der Waals surface area contributed by atoms with Crippen molar-refractivity contribution in [2.24, 2.45) is 12.8 Å². The van der Waals surface area contributed by atoms with Gasteiger partial charge in [0.05, 0.1) is 0 Å². The summed E-state index contributed by atoms with van der Waals surface area (Å²) < 4.78 is 41.8. The molecule has 1 heterocycles. The summed E-state index contributed by atoms with van der Waals surface area (Å²) in [5, 5.41) is 2.58. The van der Waals surface area contributed by atoms with Crippen LogP contribution in [-0.2, 0) is 21.9 Å². The molecule has 2 aromatic rings. The fourth-order valence-corrected chi connectivity index (χ4v) is 3.72. The quantitative estimate of drug-likeness (QED) is 0.680. The number of nitrogens with two attached hydrogens (primary N) is 1. The summed E-state index contributed by atoms with van der Waals surface area (Å²) in [7, 11) is -2.58. The second-order valence-electron chi connectivity index (χ2n) is 6.68. The minimum absolute atomic E-state index is 0.0641. The summed E-state index contributed by atoms with van der Waals surface area (Å²) in [6, 6.07) is 5.26. The van der Waals surface area contributed by atoms with E-state index in [9.17, 15) is 22.4 Å². The van der Waals surface area contributed by atoms with Crippen LogP contribution in [0.15, 0.2) is 35.4 Å². The Kier molecular flexibility index (Phi) is 5.43. The third-order valence-corrected chi connectivity index (χ3v) is 5.57. The average Bonchev–Trinajstić information content (AvgIpc) is 2.93. The Bertz CT molecular complexity index is 1010. The van der Waals surface area contributed by atoms with Gasteiger partial charge >= 0.3 is 0 Å². The molecule has 2 amide bonds. The predicted octanol–water partition coefficient (Wildman–Crippen LogP) is 1.27. The first-order valence-electron chi connectivity index (χ1n) is 7.91. The van der Waals surface area contributed by atoms with Crippen molar-refractivity contribution in [3.8, 4) is 0 Å². The van der Waals surface area contributed by atoms with Gasteiger partial charge in [-0.1, -0.05) is 0 Å². The fraction of sp³-hybridized carbons (Fsp3) is 0.294. The van der Waals surface area contributed by atoms with Gasteiger partial charge in [0, 0.05) is 18.9 Å². The molecule has 4 N–H and O–H groups in total. The van der Waals surface area contributed by atoms with Crippen LogP contribution in [0.2, 0.25) is 0 Å². The van der Waals surface area contributed by atoms with Crippen LogP contribution in [0.5, 0.6) is 0 Å². The number of nitrogens with one attached hydrogen (secondary N) is 2. The Morgan fingerprint density at radius 3 is 2.41 bits per heavy atom. The van der Waals surface area contributed by atoms with Gasteiger partial charge in [0.15, 0.2) is 0 Å². The van der Waals surface area contributed by atoms with E-state index in [2.05, 4.69) is 10.0 Å². The van der Waals surface area contributed by atoms with E-state index >= 15 is 0 Å². The highest BCUT2D eigenvalue weighted by atomic mass is 32.2. The van der Waals surface area contributed by atoms with Crippen LogP contribution in [0, 0.1) is 12.7 Å². The van der Waals surface area contributed by atoms with Crippen LogP contribution in [0.3, 0.4) is 0 Å². The molecule has 0 saturated heterocycles. The predicted molar refractivity (Wildman–Crippen MR) is 98.1 cm³/mol. The number of carbonyl (C=O) groups is 2. The van der Waals surface area contributed by atoms with E-state index in [1.54, 1.807) is 6.92 Å². The molecule has 0 spiro atoms. The van der Waals surface area contributed by atoms with E-state index in [1.807, 2.05) is 0 Å². The SMILES string of the molecule is Cc1cc(NC(=O)c2cc(S(=O)(=O)NC(C)(C)C(N)=O)cn2C)ccc1F. The number of amides is 2. The van der Waals surface area contributed by atoms with Crippen molar-refractivity contribution in [3.63, 3.8) is 0 Å². The lowest BCUT2D eigenvalue weighted by atomic mass is 10.1. The molecule has 1 aromatic heterocycles. The van der Waals surface area contributed by atoms with Crippen LogP contribution < -0.4 is 15.8 Å². The van der Waals surface area contributed by atoms with E-state index in [0.717, 1.165) is 0 Å². The largest absolute Gasteiger partial charge is 0.368 e. The van der Waals surface area contributed by atoms with E-state index in [1.165, 1.54) is 55.9 Å². The zero-order valence-electron chi connectivity index (χ0n) is 15.3. The molecule has 146 valence electrons. The van der Waals surface area contributed by atoms with Crippen LogP contribution in [0.1, 0.15) is 29.9 Å². The third-order valence-electron chi connectivity index (χ3n) is 3.94.